The molecule has 0 unspecified atom stereocenters. The number of amides is 1. The van der Waals surface area contributed by atoms with Crippen LogP contribution in [0.4, 0.5) is 0 Å². The maximum Gasteiger partial charge on any atom is 0.334 e. The van der Waals surface area contributed by atoms with Gasteiger partial charge in [-0.05, 0) is 30.7 Å². The molecule has 0 bridgehead atoms. The molecular formula is C11H10ClNO3. The molecule has 5 heteroatoms. The van der Waals surface area contributed by atoms with Gasteiger partial charge >= 0.3 is 5.97 Å². The highest BCUT2D eigenvalue weighted by atomic mass is 35.5. The molecule has 1 amide bonds. The second-order valence-electron chi connectivity index (χ2n) is 3.53. The van der Waals surface area contributed by atoms with Gasteiger partial charge in [0.1, 0.15) is 11.8 Å². The summed E-state index contributed by atoms with van der Waals surface area (Å²) in [4.78, 5) is 22.5. The molecule has 1 aliphatic heterocycles. The van der Waals surface area contributed by atoms with Crippen molar-refractivity contribution in [2.45, 2.75) is 18.9 Å². The van der Waals surface area contributed by atoms with Crippen molar-refractivity contribution in [3.63, 3.8) is 0 Å². The van der Waals surface area contributed by atoms with Gasteiger partial charge in [-0.25, -0.2) is 4.79 Å². The molecule has 4 nitrogen and oxygen atoms in total. The number of carbonyl (C=O) groups is 2. The van der Waals surface area contributed by atoms with E-state index in [-0.39, 0.29) is 5.91 Å². The number of hydrogen-bond acceptors (Lipinski definition) is 3. The van der Waals surface area contributed by atoms with Crippen LogP contribution in [0.15, 0.2) is 24.3 Å². The Kier molecular flexibility index (Phi) is 3.10. The minimum atomic E-state index is -0.525. The summed E-state index contributed by atoms with van der Waals surface area (Å²) in [6.07, 6.45) is 0.867. The van der Waals surface area contributed by atoms with E-state index in [0.29, 0.717) is 23.6 Å². The van der Waals surface area contributed by atoms with Gasteiger partial charge in [-0.1, -0.05) is 11.6 Å². The van der Waals surface area contributed by atoms with Gasteiger partial charge in [0.15, 0.2) is 0 Å². The van der Waals surface area contributed by atoms with Crippen LogP contribution in [-0.2, 0) is 9.59 Å². The molecule has 1 atom stereocenters. The van der Waals surface area contributed by atoms with E-state index in [1.54, 1.807) is 24.3 Å². The largest absolute Gasteiger partial charge is 0.425 e. The molecule has 1 aromatic carbocycles. The van der Waals surface area contributed by atoms with Crippen molar-refractivity contribution < 1.29 is 14.3 Å². The van der Waals surface area contributed by atoms with E-state index < -0.39 is 12.0 Å². The summed E-state index contributed by atoms with van der Waals surface area (Å²) in [5, 5.41) is 3.12. The molecule has 0 spiro atoms. The fourth-order valence-corrected chi connectivity index (χ4v) is 1.61. The average Bonchev–Trinajstić information content (AvgIpc) is 2.68. The number of nitrogens with one attached hydrogen (secondary N) is 1. The Morgan fingerprint density at radius 3 is 2.62 bits per heavy atom. The number of benzene rings is 1. The van der Waals surface area contributed by atoms with Crippen LogP contribution in [0.25, 0.3) is 0 Å². The number of esters is 1. The number of hydrogen-bond donors (Lipinski definition) is 1. The van der Waals surface area contributed by atoms with E-state index in [1.807, 2.05) is 0 Å². The highest BCUT2D eigenvalue weighted by Gasteiger charge is 2.28. The summed E-state index contributed by atoms with van der Waals surface area (Å²) < 4.78 is 5.09. The Morgan fingerprint density at radius 2 is 2.06 bits per heavy atom. The Labute approximate surface area is 97.5 Å². The minimum Gasteiger partial charge on any atom is -0.425 e. The summed E-state index contributed by atoms with van der Waals surface area (Å²) in [5.41, 5.74) is 0. The summed E-state index contributed by atoms with van der Waals surface area (Å²) in [7, 11) is 0. The molecule has 1 aliphatic rings. The van der Waals surface area contributed by atoms with Crippen molar-refractivity contribution in [2.75, 3.05) is 0 Å². The minimum absolute atomic E-state index is 0.113. The van der Waals surface area contributed by atoms with Crippen LogP contribution in [0.3, 0.4) is 0 Å². The van der Waals surface area contributed by atoms with Gasteiger partial charge in [0.25, 0.3) is 0 Å². The third-order valence-corrected chi connectivity index (χ3v) is 2.56. The first-order valence-electron chi connectivity index (χ1n) is 4.92. The third kappa shape index (κ3) is 2.52. The molecule has 0 aliphatic carbocycles. The first-order chi connectivity index (χ1) is 7.65. The Morgan fingerprint density at radius 1 is 1.38 bits per heavy atom. The van der Waals surface area contributed by atoms with Crippen LogP contribution < -0.4 is 10.1 Å². The second kappa shape index (κ2) is 4.53. The van der Waals surface area contributed by atoms with E-state index in [1.165, 1.54) is 0 Å². The molecule has 1 saturated heterocycles. The first-order valence-corrected chi connectivity index (χ1v) is 5.29. The Bertz CT molecular complexity index is 416. The van der Waals surface area contributed by atoms with Gasteiger partial charge in [0.05, 0.1) is 0 Å². The molecule has 1 heterocycles. The lowest BCUT2D eigenvalue weighted by Gasteiger charge is -2.09. The summed E-state index contributed by atoms with van der Waals surface area (Å²) in [6.45, 7) is 0. The highest BCUT2D eigenvalue weighted by Crippen LogP contribution is 2.17. The molecule has 2 rings (SSSR count). The zero-order valence-corrected chi connectivity index (χ0v) is 9.16. The van der Waals surface area contributed by atoms with Crippen molar-refractivity contribution in [2.24, 2.45) is 0 Å². The third-order valence-electron chi connectivity index (χ3n) is 2.31. The molecule has 16 heavy (non-hydrogen) atoms. The SMILES string of the molecule is O=C1CC[C@@H](C(=O)Oc2ccc(Cl)cc2)N1. The Hall–Kier alpha value is -1.55. The van der Waals surface area contributed by atoms with Crippen LogP contribution >= 0.6 is 11.6 Å². The summed E-state index contributed by atoms with van der Waals surface area (Å²) in [6, 6.07) is 5.96. The van der Waals surface area contributed by atoms with Crippen LogP contribution in [0.2, 0.25) is 5.02 Å². The number of carbonyl (C=O) groups excluding carboxylic acids is 2. The fraction of sp³-hybridized carbons (Fsp3) is 0.273. The zero-order valence-electron chi connectivity index (χ0n) is 8.40. The maximum atomic E-state index is 11.6. The average molecular weight is 240 g/mol. The van der Waals surface area contributed by atoms with Gasteiger partial charge in [-0.2, -0.15) is 0 Å². The van der Waals surface area contributed by atoms with Gasteiger partial charge in [0.2, 0.25) is 5.91 Å². The van der Waals surface area contributed by atoms with Crippen molar-refractivity contribution >= 4 is 23.5 Å². The van der Waals surface area contributed by atoms with Gasteiger partial charge in [-0.3, -0.25) is 4.79 Å². The van der Waals surface area contributed by atoms with Gasteiger partial charge < -0.3 is 10.1 Å². The van der Waals surface area contributed by atoms with E-state index in [9.17, 15) is 9.59 Å². The van der Waals surface area contributed by atoms with Crippen molar-refractivity contribution in [1.29, 1.82) is 0 Å². The standard InChI is InChI=1S/C11H10ClNO3/c12-7-1-3-8(4-2-7)16-11(15)9-5-6-10(14)13-9/h1-4,9H,5-6H2,(H,13,14)/t9-/m0/s1. The number of rotatable bonds is 2. The highest BCUT2D eigenvalue weighted by molar-refractivity contribution is 6.30. The molecule has 1 fully saturated rings. The number of ether oxygens (including phenoxy) is 1. The number of halogens is 1. The van der Waals surface area contributed by atoms with Crippen LogP contribution in [0.1, 0.15) is 12.8 Å². The second-order valence-corrected chi connectivity index (χ2v) is 3.97. The maximum absolute atomic E-state index is 11.6. The Balaban J connectivity index is 1.97. The molecular weight excluding hydrogens is 230 g/mol. The quantitative estimate of drug-likeness (QED) is 0.629. The van der Waals surface area contributed by atoms with Gasteiger partial charge in [0, 0.05) is 11.4 Å². The van der Waals surface area contributed by atoms with Crippen molar-refractivity contribution in [3.05, 3.63) is 29.3 Å². The normalized spacial score (nSPS) is 19.3. The first kappa shape index (κ1) is 11.0. The zero-order chi connectivity index (χ0) is 11.5. The van der Waals surface area contributed by atoms with Crippen molar-refractivity contribution in [3.8, 4) is 5.75 Å². The van der Waals surface area contributed by atoms with Crippen molar-refractivity contribution in [1.82, 2.24) is 5.32 Å². The molecule has 0 saturated carbocycles. The lowest BCUT2D eigenvalue weighted by atomic mass is 10.2. The van der Waals surface area contributed by atoms with E-state index in [4.69, 9.17) is 16.3 Å². The molecule has 84 valence electrons. The molecule has 1 N–H and O–H groups in total. The molecule has 1 aromatic rings. The predicted molar refractivity (Wildman–Crippen MR) is 58.3 cm³/mol. The van der Waals surface area contributed by atoms with E-state index in [2.05, 4.69) is 5.32 Å². The summed E-state index contributed by atoms with van der Waals surface area (Å²) in [5.74, 6) is -0.123. The smallest absolute Gasteiger partial charge is 0.334 e. The fourth-order valence-electron chi connectivity index (χ4n) is 1.48. The molecule has 0 aromatic heterocycles. The molecule has 0 radical (unpaired) electrons. The van der Waals surface area contributed by atoms with Crippen LogP contribution in [0.5, 0.6) is 5.75 Å². The van der Waals surface area contributed by atoms with Crippen LogP contribution in [-0.4, -0.2) is 17.9 Å². The lowest BCUT2D eigenvalue weighted by Crippen LogP contribution is -2.36. The lowest BCUT2D eigenvalue weighted by molar-refractivity contribution is -0.137. The summed E-state index contributed by atoms with van der Waals surface area (Å²) >= 11 is 5.70. The van der Waals surface area contributed by atoms with Crippen LogP contribution in [0, 0.1) is 0 Å². The van der Waals surface area contributed by atoms with Gasteiger partial charge in [-0.15, -0.1) is 0 Å². The predicted octanol–water partition coefficient (Wildman–Crippen LogP) is 1.52. The van der Waals surface area contributed by atoms with E-state index >= 15 is 0 Å². The van der Waals surface area contributed by atoms with E-state index in [0.717, 1.165) is 0 Å². The topological polar surface area (TPSA) is 55.4 Å². The monoisotopic (exact) mass is 239 g/mol.